The molecule has 0 aromatic heterocycles. The first-order valence-electron chi connectivity index (χ1n) is 6.66. The van der Waals surface area contributed by atoms with Crippen LogP contribution < -0.4 is 10.0 Å². The van der Waals surface area contributed by atoms with E-state index in [9.17, 15) is 21.6 Å². The second-order valence-corrected chi connectivity index (χ2v) is 11.9. The number of benzene rings is 1. The molecule has 1 saturated heterocycles. The van der Waals surface area contributed by atoms with Crippen molar-refractivity contribution in [2.75, 3.05) is 11.5 Å². The Bertz CT molecular complexity index is 866. The molecule has 2 N–H and O–H groups in total. The molecule has 0 bridgehead atoms. The first-order valence-corrected chi connectivity index (χ1v) is 11.5. The van der Waals surface area contributed by atoms with Crippen LogP contribution in [0.25, 0.3) is 0 Å². The molecule has 0 saturated carbocycles. The molecule has 13 heteroatoms. The van der Waals surface area contributed by atoms with E-state index in [2.05, 4.69) is 10.0 Å². The summed E-state index contributed by atoms with van der Waals surface area (Å²) in [7, 11) is -7.63. The van der Waals surface area contributed by atoms with Crippen LogP contribution >= 0.6 is 46.4 Å². The molecule has 2 atom stereocenters. The minimum Gasteiger partial charge on any atom is -0.347 e. The van der Waals surface area contributed by atoms with Gasteiger partial charge in [-0.25, -0.2) is 21.6 Å². The Balaban J connectivity index is 2.23. The maximum absolute atomic E-state index is 12.4. The molecule has 0 spiro atoms. The van der Waals surface area contributed by atoms with Gasteiger partial charge in [0.25, 0.3) is 9.70 Å². The zero-order chi connectivity index (χ0) is 19.0. The molecule has 25 heavy (non-hydrogen) atoms. The normalized spacial score (nSPS) is 23.4. The minimum atomic E-state index is -4.04. The molecule has 0 aliphatic carbocycles. The van der Waals surface area contributed by atoms with Crippen LogP contribution in [0.4, 0.5) is 0 Å². The van der Waals surface area contributed by atoms with E-state index in [1.807, 2.05) is 0 Å². The Kier molecular flexibility index (Phi) is 6.20. The molecular formula is C12H12Cl4N2O5S2. The van der Waals surface area contributed by atoms with Gasteiger partial charge < -0.3 is 5.32 Å². The summed E-state index contributed by atoms with van der Waals surface area (Å²) < 4.78 is 48.5. The lowest BCUT2D eigenvalue weighted by molar-refractivity contribution is -0.120. The van der Waals surface area contributed by atoms with E-state index < -0.39 is 53.1 Å². The molecule has 0 unspecified atom stereocenters. The van der Waals surface area contributed by atoms with Gasteiger partial charge in [0.15, 0.2) is 9.84 Å². The Morgan fingerprint density at radius 1 is 1.08 bits per heavy atom. The molecule has 1 amide bonds. The van der Waals surface area contributed by atoms with Crippen molar-refractivity contribution in [1.82, 2.24) is 10.0 Å². The van der Waals surface area contributed by atoms with Gasteiger partial charge in [-0.3, -0.25) is 4.79 Å². The summed E-state index contributed by atoms with van der Waals surface area (Å²) in [4.78, 5) is 11.7. The van der Waals surface area contributed by atoms with Crippen LogP contribution in [0, 0.1) is 0 Å². The summed E-state index contributed by atoms with van der Waals surface area (Å²) in [6.45, 7) is 0. The molecule has 1 aromatic rings. The second kappa shape index (κ2) is 7.38. The highest BCUT2D eigenvalue weighted by Crippen LogP contribution is 2.27. The van der Waals surface area contributed by atoms with E-state index in [1.54, 1.807) is 0 Å². The summed E-state index contributed by atoms with van der Waals surface area (Å²) in [5.41, 5.74) is 0. The minimum absolute atomic E-state index is 0.104. The van der Waals surface area contributed by atoms with Crippen molar-refractivity contribution >= 4 is 72.2 Å². The number of sulfonamides is 1. The van der Waals surface area contributed by atoms with Crippen LogP contribution in [0.3, 0.4) is 0 Å². The molecule has 7 nitrogen and oxygen atoms in total. The number of carbonyl (C=O) groups is 1. The lowest BCUT2D eigenvalue weighted by Crippen LogP contribution is -2.53. The maximum Gasteiger partial charge on any atom is 0.272 e. The Morgan fingerprint density at radius 3 is 2.12 bits per heavy atom. The topological polar surface area (TPSA) is 109 Å². The van der Waals surface area contributed by atoms with E-state index in [-0.39, 0.29) is 4.90 Å². The Hall–Kier alpha value is -0.290. The molecule has 140 valence electrons. The van der Waals surface area contributed by atoms with E-state index in [0.29, 0.717) is 5.02 Å². The van der Waals surface area contributed by atoms with Crippen LogP contribution in [0.1, 0.15) is 0 Å². The second-order valence-electron chi connectivity index (χ2n) is 5.34. The number of sulfone groups is 1. The third-order valence-electron chi connectivity index (χ3n) is 3.36. The number of hydrogen-bond acceptors (Lipinski definition) is 5. The van der Waals surface area contributed by atoms with E-state index in [0.717, 1.165) is 0 Å². The van der Waals surface area contributed by atoms with Crippen molar-refractivity contribution in [3.8, 4) is 0 Å². The maximum atomic E-state index is 12.4. The average Bonchev–Trinajstić information content (AvgIpc) is 2.71. The third kappa shape index (κ3) is 5.59. The van der Waals surface area contributed by atoms with Crippen molar-refractivity contribution < 1.29 is 21.6 Å². The fourth-order valence-electron chi connectivity index (χ4n) is 2.24. The predicted octanol–water partition coefficient (Wildman–Crippen LogP) is 1.27. The highest BCUT2D eigenvalue weighted by Gasteiger charge is 2.43. The van der Waals surface area contributed by atoms with Gasteiger partial charge in [-0.15, -0.1) is 0 Å². The predicted molar refractivity (Wildman–Crippen MR) is 96.4 cm³/mol. The highest BCUT2D eigenvalue weighted by molar-refractivity contribution is 7.92. The van der Waals surface area contributed by atoms with Crippen molar-refractivity contribution in [3.05, 3.63) is 29.3 Å². The molecule has 1 aromatic carbocycles. The largest absolute Gasteiger partial charge is 0.347 e. The molecule has 1 aliphatic heterocycles. The summed E-state index contributed by atoms with van der Waals surface area (Å²) >= 11 is 22.0. The van der Waals surface area contributed by atoms with Gasteiger partial charge in [-0.1, -0.05) is 46.4 Å². The molecule has 1 aliphatic rings. The summed E-state index contributed by atoms with van der Waals surface area (Å²) in [6, 6.07) is 3.11. The van der Waals surface area contributed by atoms with Gasteiger partial charge in [-0.05, 0) is 24.3 Å². The molecule has 2 rings (SSSR count). The number of rotatable bonds is 4. The van der Waals surface area contributed by atoms with Crippen LogP contribution in [0.5, 0.6) is 0 Å². The fraction of sp³-hybridized carbons (Fsp3) is 0.417. The summed E-state index contributed by atoms with van der Waals surface area (Å²) in [6.07, 6.45) is 0. The van der Waals surface area contributed by atoms with E-state index in [4.69, 9.17) is 46.4 Å². The number of carbonyl (C=O) groups excluding carboxylic acids is 1. The Morgan fingerprint density at radius 2 is 1.60 bits per heavy atom. The zero-order valence-corrected chi connectivity index (χ0v) is 16.9. The molecule has 0 radical (unpaired) electrons. The van der Waals surface area contributed by atoms with Gasteiger partial charge in [0.2, 0.25) is 10.0 Å². The lowest BCUT2D eigenvalue weighted by Gasteiger charge is -2.22. The number of amides is 1. The van der Waals surface area contributed by atoms with Gasteiger partial charge in [0, 0.05) is 5.02 Å². The SMILES string of the molecule is O=C(N[C@@H]1CS(=O)(=O)C[C@H]1NS(=O)(=O)c1ccc(Cl)cc1)C(Cl)(Cl)Cl. The smallest absolute Gasteiger partial charge is 0.272 e. The lowest BCUT2D eigenvalue weighted by atomic mass is 10.2. The van der Waals surface area contributed by atoms with E-state index >= 15 is 0 Å². The van der Waals surface area contributed by atoms with Crippen molar-refractivity contribution in [2.24, 2.45) is 0 Å². The fourth-order valence-corrected chi connectivity index (χ4v) is 5.77. The van der Waals surface area contributed by atoms with Crippen molar-refractivity contribution in [2.45, 2.75) is 20.8 Å². The van der Waals surface area contributed by atoms with Crippen LogP contribution in [0.2, 0.25) is 5.02 Å². The van der Waals surface area contributed by atoms with Crippen LogP contribution in [0.15, 0.2) is 29.2 Å². The number of halogens is 4. The monoisotopic (exact) mass is 468 g/mol. The molecule has 1 fully saturated rings. The summed E-state index contributed by atoms with van der Waals surface area (Å²) in [5.74, 6) is -2.02. The quantitative estimate of drug-likeness (QED) is 0.645. The zero-order valence-electron chi connectivity index (χ0n) is 12.2. The summed E-state index contributed by atoms with van der Waals surface area (Å²) in [5, 5.41) is 2.59. The first-order chi connectivity index (χ1) is 11.3. The number of hydrogen-bond donors (Lipinski definition) is 2. The van der Waals surface area contributed by atoms with Gasteiger partial charge in [-0.2, -0.15) is 0 Å². The number of alkyl halides is 3. The highest BCUT2D eigenvalue weighted by atomic mass is 35.6. The van der Waals surface area contributed by atoms with E-state index in [1.165, 1.54) is 24.3 Å². The van der Waals surface area contributed by atoms with Gasteiger partial charge >= 0.3 is 0 Å². The van der Waals surface area contributed by atoms with Crippen molar-refractivity contribution in [3.63, 3.8) is 0 Å². The van der Waals surface area contributed by atoms with Crippen molar-refractivity contribution in [1.29, 1.82) is 0 Å². The molecule has 1 heterocycles. The average molecular weight is 470 g/mol. The standard InChI is InChI=1S/C12H12Cl4N2O5S2/c13-7-1-3-8(4-2-7)25(22,23)18-10-6-24(20,21)5-9(10)17-11(19)12(14,15)16/h1-4,9-10,18H,5-6H2,(H,17,19)/t9-,10-/m1/s1. The van der Waals surface area contributed by atoms with Gasteiger partial charge in [0.1, 0.15) is 0 Å². The third-order valence-corrected chi connectivity index (χ3v) is 7.36. The Labute approximate surface area is 164 Å². The molecular weight excluding hydrogens is 458 g/mol. The first kappa shape index (κ1) is 21.0. The van der Waals surface area contributed by atoms with Gasteiger partial charge in [0.05, 0.1) is 28.5 Å². The number of nitrogens with one attached hydrogen (secondary N) is 2. The van der Waals surface area contributed by atoms with Crippen LogP contribution in [-0.4, -0.2) is 50.1 Å². The van der Waals surface area contributed by atoms with Crippen LogP contribution in [-0.2, 0) is 24.7 Å².